The van der Waals surface area contributed by atoms with Crippen LogP contribution in [-0.2, 0) is 0 Å². The molecule has 8 aromatic rings. The maximum absolute atomic E-state index is 3.63. The van der Waals surface area contributed by atoms with Crippen LogP contribution in [0.15, 0.2) is 103 Å². The van der Waals surface area contributed by atoms with Crippen molar-refractivity contribution in [3.8, 4) is 5.69 Å². The molecule has 3 heteroatoms. The van der Waals surface area contributed by atoms with Crippen LogP contribution in [0.5, 0.6) is 0 Å². The highest BCUT2D eigenvalue weighted by atomic mass is 32.1. The second-order valence-corrected chi connectivity index (χ2v) is 9.80. The van der Waals surface area contributed by atoms with Crippen LogP contribution in [0.2, 0.25) is 0 Å². The molecule has 0 aliphatic heterocycles. The number of rotatable bonds is 1. The minimum atomic E-state index is 1.18. The van der Waals surface area contributed by atoms with Gasteiger partial charge in [-0.1, -0.05) is 54.6 Å². The first-order valence-corrected chi connectivity index (χ1v) is 12.0. The lowest BCUT2D eigenvalue weighted by Crippen LogP contribution is -1.92. The fraction of sp³-hybridized carbons (Fsp3) is 0. The van der Waals surface area contributed by atoms with Gasteiger partial charge in [-0.25, -0.2) is 0 Å². The van der Waals surface area contributed by atoms with Gasteiger partial charge in [-0.2, -0.15) is 0 Å². The maximum Gasteiger partial charge on any atom is 0.0562 e. The topological polar surface area (TPSA) is 20.7 Å². The van der Waals surface area contributed by atoms with E-state index in [0.29, 0.717) is 0 Å². The molecule has 3 heterocycles. The number of nitrogens with zero attached hydrogens (tertiary/aromatic N) is 1. The van der Waals surface area contributed by atoms with Crippen LogP contribution in [0.25, 0.3) is 69.5 Å². The smallest absolute Gasteiger partial charge is 0.0562 e. The predicted octanol–water partition coefficient (Wildman–Crippen LogP) is 8.79. The molecule has 0 spiro atoms. The van der Waals surface area contributed by atoms with Gasteiger partial charge in [0, 0.05) is 58.4 Å². The molecule has 33 heavy (non-hydrogen) atoms. The molecule has 5 aromatic carbocycles. The van der Waals surface area contributed by atoms with Gasteiger partial charge in [-0.15, -0.1) is 11.3 Å². The number of fused-ring (bicyclic) bond motifs is 9. The molecule has 0 radical (unpaired) electrons. The lowest BCUT2D eigenvalue weighted by atomic mass is 10.1. The fourth-order valence-electron chi connectivity index (χ4n) is 5.43. The predicted molar refractivity (Wildman–Crippen MR) is 143 cm³/mol. The Morgan fingerprint density at radius 3 is 2.06 bits per heavy atom. The summed E-state index contributed by atoms with van der Waals surface area (Å²) in [6.07, 6.45) is 0. The molecule has 0 amide bonds. The summed E-state index contributed by atoms with van der Waals surface area (Å²) in [5.41, 5.74) is 6.04. The first-order chi connectivity index (χ1) is 16.3. The molecule has 0 unspecified atom stereocenters. The first-order valence-electron chi connectivity index (χ1n) is 11.2. The zero-order valence-electron chi connectivity index (χ0n) is 17.7. The zero-order chi connectivity index (χ0) is 21.5. The number of H-pyrrole nitrogens is 1. The Kier molecular flexibility index (Phi) is 3.31. The normalized spacial score (nSPS) is 12.2. The molecule has 3 aromatic heterocycles. The number of para-hydroxylation sites is 2. The van der Waals surface area contributed by atoms with E-state index >= 15 is 0 Å². The van der Waals surface area contributed by atoms with E-state index in [-0.39, 0.29) is 0 Å². The summed E-state index contributed by atoms with van der Waals surface area (Å²) < 4.78 is 5.09. The van der Waals surface area contributed by atoms with Crippen molar-refractivity contribution in [2.75, 3.05) is 0 Å². The summed E-state index contributed by atoms with van der Waals surface area (Å²) in [5, 5.41) is 7.83. The molecular weight excluding hydrogens is 420 g/mol. The number of hydrogen-bond acceptors (Lipinski definition) is 1. The Balaban J connectivity index is 1.61. The molecule has 2 nitrogen and oxygen atoms in total. The van der Waals surface area contributed by atoms with Crippen molar-refractivity contribution < 1.29 is 0 Å². The third-order valence-corrected chi connectivity index (χ3v) is 8.04. The number of thiophene rings is 1. The Morgan fingerprint density at radius 2 is 1.18 bits per heavy atom. The van der Waals surface area contributed by atoms with E-state index < -0.39 is 0 Å². The van der Waals surface area contributed by atoms with E-state index in [4.69, 9.17) is 0 Å². The Hall–Kier alpha value is -4.08. The molecule has 0 atom stereocenters. The Labute approximate surface area is 193 Å². The molecular formula is C30H18N2S. The molecule has 1 N–H and O–H groups in total. The number of aromatic nitrogens is 2. The van der Waals surface area contributed by atoms with Gasteiger partial charge in [-0.3, -0.25) is 0 Å². The molecule has 0 fully saturated rings. The Morgan fingerprint density at radius 1 is 0.485 bits per heavy atom. The van der Waals surface area contributed by atoms with E-state index in [0.717, 1.165) is 0 Å². The van der Waals surface area contributed by atoms with Gasteiger partial charge in [0.1, 0.15) is 0 Å². The highest BCUT2D eigenvalue weighted by Gasteiger charge is 2.17. The zero-order valence-corrected chi connectivity index (χ0v) is 18.5. The number of nitrogens with one attached hydrogen (secondary N) is 1. The van der Waals surface area contributed by atoms with Crippen LogP contribution in [-0.4, -0.2) is 9.55 Å². The standard InChI is InChI=1S/C30H18N2S/c1-2-8-18(9-3-1)32-27-16-26-21(19-10-4-6-12-25(19)31-26)14-22(27)23-15-24-20-11-5-7-13-29(20)33-30(24)17-28(23)32/h1-17,31H. The van der Waals surface area contributed by atoms with Crippen molar-refractivity contribution in [2.45, 2.75) is 0 Å². The molecule has 0 aliphatic rings. The molecule has 0 aliphatic carbocycles. The minimum absolute atomic E-state index is 1.18. The summed E-state index contributed by atoms with van der Waals surface area (Å²) in [7, 11) is 0. The van der Waals surface area contributed by atoms with Crippen molar-refractivity contribution >= 4 is 75.1 Å². The van der Waals surface area contributed by atoms with Gasteiger partial charge in [0.15, 0.2) is 0 Å². The molecule has 8 rings (SSSR count). The maximum atomic E-state index is 3.63. The molecule has 154 valence electrons. The van der Waals surface area contributed by atoms with E-state index in [1.165, 1.54) is 69.5 Å². The summed E-state index contributed by atoms with van der Waals surface area (Å²) in [6.45, 7) is 0. The van der Waals surface area contributed by atoms with Crippen LogP contribution >= 0.6 is 11.3 Å². The van der Waals surface area contributed by atoms with E-state index in [9.17, 15) is 0 Å². The van der Waals surface area contributed by atoms with Crippen LogP contribution < -0.4 is 0 Å². The Bertz CT molecular complexity index is 1890. The van der Waals surface area contributed by atoms with Gasteiger partial charge in [0.05, 0.1) is 11.0 Å². The van der Waals surface area contributed by atoms with E-state index in [1.807, 2.05) is 11.3 Å². The van der Waals surface area contributed by atoms with Crippen LogP contribution in [0.3, 0.4) is 0 Å². The largest absolute Gasteiger partial charge is 0.354 e. The second-order valence-electron chi connectivity index (χ2n) is 8.72. The average molecular weight is 439 g/mol. The van der Waals surface area contributed by atoms with Gasteiger partial charge >= 0.3 is 0 Å². The highest BCUT2D eigenvalue weighted by Crippen LogP contribution is 2.42. The van der Waals surface area contributed by atoms with E-state index in [2.05, 4.69) is 113 Å². The SMILES string of the molecule is c1ccc(-n2c3cc4[nH]c5ccccc5c4cc3c3cc4c(cc32)sc2ccccc24)cc1. The van der Waals surface area contributed by atoms with Gasteiger partial charge in [0.25, 0.3) is 0 Å². The monoisotopic (exact) mass is 438 g/mol. The lowest BCUT2D eigenvalue weighted by molar-refractivity contribution is 1.18. The van der Waals surface area contributed by atoms with Gasteiger partial charge in [-0.05, 0) is 48.5 Å². The minimum Gasteiger partial charge on any atom is -0.354 e. The summed E-state index contributed by atoms with van der Waals surface area (Å²) in [6, 6.07) is 37.5. The summed E-state index contributed by atoms with van der Waals surface area (Å²) in [4.78, 5) is 3.63. The van der Waals surface area contributed by atoms with Crippen molar-refractivity contribution in [3.05, 3.63) is 103 Å². The second kappa shape index (κ2) is 6.25. The van der Waals surface area contributed by atoms with Crippen molar-refractivity contribution in [3.63, 3.8) is 0 Å². The fourth-order valence-corrected chi connectivity index (χ4v) is 6.55. The van der Waals surface area contributed by atoms with Crippen LogP contribution in [0.4, 0.5) is 0 Å². The lowest BCUT2D eigenvalue weighted by Gasteiger charge is -2.07. The first kappa shape index (κ1) is 17.5. The highest BCUT2D eigenvalue weighted by molar-refractivity contribution is 7.25. The van der Waals surface area contributed by atoms with Crippen molar-refractivity contribution in [1.29, 1.82) is 0 Å². The molecule has 0 saturated heterocycles. The van der Waals surface area contributed by atoms with Crippen LogP contribution in [0.1, 0.15) is 0 Å². The van der Waals surface area contributed by atoms with E-state index in [1.54, 1.807) is 0 Å². The van der Waals surface area contributed by atoms with Crippen molar-refractivity contribution in [2.24, 2.45) is 0 Å². The molecule has 0 bridgehead atoms. The van der Waals surface area contributed by atoms with Gasteiger partial charge in [0.2, 0.25) is 0 Å². The average Bonchev–Trinajstić information content (AvgIpc) is 3.50. The summed E-state index contributed by atoms with van der Waals surface area (Å²) >= 11 is 1.88. The number of aromatic amines is 1. The molecule has 0 saturated carbocycles. The summed E-state index contributed by atoms with van der Waals surface area (Å²) in [5.74, 6) is 0. The van der Waals surface area contributed by atoms with Crippen molar-refractivity contribution in [1.82, 2.24) is 9.55 Å². The van der Waals surface area contributed by atoms with Gasteiger partial charge < -0.3 is 9.55 Å². The third-order valence-electron chi connectivity index (χ3n) is 6.90. The van der Waals surface area contributed by atoms with Crippen LogP contribution in [0, 0.1) is 0 Å². The number of benzene rings is 5. The quantitative estimate of drug-likeness (QED) is 0.264. The third kappa shape index (κ3) is 2.32. The number of hydrogen-bond donors (Lipinski definition) is 1.